The Hall–Kier alpha value is -3.38. The Morgan fingerprint density at radius 2 is 1.57 bits per heavy atom. The molecule has 0 N–H and O–H groups in total. The molecule has 6 nitrogen and oxygen atoms in total. The number of carbonyl (C=O) groups excluding carboxylic acids is 1. The van der Waals surface area contributed by atoms with Crippen molar-refractivity contribution in [2.75, 3.05) is 34.0 Å². The van der Waals surface area contributed by atoms with Crippen LogP contribution in [0.4, 0.5) is 0 Å². The molecular formula is C28H30ClNO5. The van der Waals surface area contributed by atoms with Crippen LogP contribution in [0, 0.1) is 0 Å². The molecule has 3 aromatic carbocycles. The summed E-state index contributed by atoms with van der Waals surface area (Å²) < 4.78 is 23.0. The van der Waals surface area contributed by atoms with Crippen molar-refractivity contribution < 1.29 is 23.7 Å². The van der Waals surface area contributed by atoms with Gasteiger partial charge in [0.25, 0.3) is 5.91 Å². The minimum absolute atomic E-state index is 0.0774. The summed E-state index contributed by atoms with van der Waals surface area (Å²) in [5.41, 5.74) is 3.34. The Labute approximate surface area is 211 Å². The predicted molar refractivity (Wildman–Crippen MR) is 136 cm³/mol. The van der Waals surface area contributed by atoms with Crippen molar-refractivity contribution in [2.45, 2.75) is 25.8 Å². The number of ether oxygens (including phenoxy) is 4. The Morgan fingerprint density at radius 1 is 0.943 bits per heavy atom. The second-order valence-corrected chi connectivity index (χ2v) is 8.75. The lowest BCUT2D eigenvalue weighted by molar-refractivity contribution is -0.137. The molecule has 1 aliphatic rings. The molecule has 35 heavy (non-hydrogen) atoms. The van der Waals surface area contributed by atoms with Gasteiger partial charge in [-0.05, 0) is 78.1 Å². The maximum absolute atomic E-state index is 13.3. The lowest BCUT2D eigenvalue weighted by Crippen LogP contribution is -2.44. The van der Waals surface area contributed by atoms with Crippen molar-refractivity contribution in [1.29, 1.82) is 0 Å². The minimum atomic E-state index is -0.300. The summed E-state index contributed by atoms with van der Waals surface area (Å²) in [4.78, 5) is 15.1. The van der Waals surface area contributed by atoms with Gasteiger partial charge in [-0.2, -0.15) is 0 Å². The van der Waals surface area contributed by atoms with Crippen LogP contribution in [0.2, 0.25) is 5.02 Å². The van der Waals surface area contributed by atoms with Gasteiger partial charge in [0.05, 0.1) is 20.3 Å². The van der Waals surface area contributed by atoms with Crippen molar-refractivity contribution in [1.82, 2.24) is 4.90 Å². The van der Waals surface area contributed by atoms with Gasteiger partial charge in [-0.1, -0.05) is 30.7 Å². The van der Waals surface area contributed by atoms with Gasteiger partial charge in [0.1, 0.15) is 18.1 Å². The molecule has 0 fully saturated rings. The van der Waals surface area contributed by atoms with Crippen molar-refractivity contribution in [3.8, 4) is 23.0 Å². The normalized spacial score (nSPS) is 14.7. The maximum atomic E-state index is 13.3. The number of methoxy groups -OCH3 is 2. The molecule has 3 aromatic rings. The standard InChI is InChI=1S/C28H30ClNO5/c1-4-19-5-9-22(10-6-19)34-17-25-24-16-27(33-3)26(32-2)15-20(24)13-14-30(25)28(31)18-35-23-11-7-21(29)8-12-23/h5-12,15-16,25H,4,13-14,17-18H2,1-3H3/t25-/m1/s1. The fourth-order valence-corrected chi connectivity index (χ4v) is 4.39. The second kappa shape index (κ2) is 11.4. The molecule has 0 unspecified atom stereocenters. The highest BCUT2D eigenvalue weighted by Crippen LogP contribution is 2.38. The lowest BCUT2D eigenvalue weighted by Gasteiger charge is -2.37. The number of nitrogens with zero attached hydrogens (tertiary/aromatic N) is 1. The van der Waals surface area contributed by atoms with Crippen LogP contribution in [-0.4, -0.2) is 44.8 Å². The molecule has 0 saturated heterocycles. The largest absolute Gasteiger partial charge is 0.493 e. The summed E-state index contributed by atoms with van der Waals surface area (Å²) in [6, 6.07) is 18.6. The third-order valence-electron chi connectivity index (χ3n) is 6.24. The van der Waals surface area contributed by atoms with Crippen LogP contribution in [-0.2, 0) is 17.6 Å². The summed E-state index contributed by atoms with van der Waals surface area (Å²) in [5, 5.41) is 0.616. The first kappa shape index (κ1) is 24.7. The molecule has 0 aliphatic carbocycles. The van der Waals surface area contributed by atoms with Gasteiger partial charge in [0, 0.05) is 11.6 Å². The first-order valence-corrected chi connectivity index (χ1v) is 12.0. The van der Waals surface area contributed by atoms with Crippen LogP contribution in [0.25, 0.3) is 0 Å². The van der Waals surface area contributed by atoms with Crippen molar-refractivity contribution in [2.24, 2.45) is 0 Å². The highest BCUT2D eigenvalue weighted by Gasteiger charge is 2.33. The fraction of sp³-hybridized carbons (Fsp3) is 0.321. The first-order valence-electron chi connectivity index (χ1n) is 11.7. The molecule has 0 saturated carbocycles. The quantitative estimate of drug-likeness (QED) is 0.392. The van der Waals surface area contributed by atoms with E-state index < -0.39 is 0 Å². The number of halogens is 1. The average molecular weight is 496 g/mol. The average Bonchev–Trinajstić information content (AvgIpc) is 2.90. The molecule has 0 bridgehead atoms. The van der Waals surface area contributed by atoms with Gasteiger partial charge < -0.3 is 23.8 Å². The van der Waals surface area contributed by atoms with Gasteiger partial charge >= 0.3 is 0 Å². The summed E-state index contributed by atoms with van der Waals surface area (Å²) in [6.45, 7) is 2.90. The molecular weight excluding hydrogens is 466 g/mol. The minimum Gasteiger partial charge on any atom is -0.493 e. The molecule has 1 amide bonds. The number of fused-ring (bicyclic) bond motifs is 1. The Morgan fingerprint density at radius 3 is 2.23 bits per heavy atom. The second-order valence-electron chi connectivity index (χ2n) is 8.31. The smallest absolute Gasteiger partial charge is 0.261 e. The molecule has 0 radical (unpaired) electrons. The number of hydrogen-bond donors (Lipinski definition) is 0. The van der Waals surface area contributed by atoms with Gasteiger partial charge in [-0.25, -0.2) is 0 Å². The monoisotopic (exact) mass is 495 g/mol. The van der Waals surface area contributed by atoms with Crippen LogP contribution in [0.1, 0.15) is 29.7 Å². The number of amides is 1. The van der Waals surface area contributed by atoms with Gasteiger partial charge in [0.15, 0.2) is 18.1 Å². The van der Waals surface area contributed by atoms with Gasteiger partial charge in [-0.3, -0.25) is 4.79 Å². The highest BCUT2D eigenvalue weighted by molar-refractivity contribution is 6.30. The third kappa shape index (κ3) is 5.82. The van der Waals surface area contributed by atoms with Crippen molar-refractivity contribution in [3.63, 3.8) is 0 Å². The zero-order valence-electron chi connectivity index (χ0n) is 20.3. The lowest BCUT2D eigenvalue weighted by atomic mass is 9.92. The molecule has 7 heteroatoms. The van der Waals surface area contributed by atoms with Crippen LogP contribution < -0.4 is 18.9 Å². The van der Waals surface area contributed by atoms with Crippen LogP contribution >= 0.6 is 11.6 Å². The van der Waals surface area contributed by atoms with Crippen LogP contribution in [0.5, 0.6) is 23.0 Å². The Kier molecular flexibility index (Phi) is 8.03. The van der Waals surface area contributed by atoms with Gasteiger partial charge in [-0.15, -0.1) is 0 Å². The number of carbonyl (C=O) groups is 1. The summed E-state index contributed by atoms with van der Waals surface area (Å²) in [6.07, 6.45) is 1.66. The number of benzene rings is 3. The Bertz CT molecular complexity index is 1150. The SMILES string of the molecule is CCc1ccc(OC[C@@H]2c3cc(OC)c(OC)cc3CCN2C(=O)COc2ccc(Cl)cc2)cc1. The topological polar surface area (TPSA) is 57.2 Å². The van der Waals surface area contributed by atoms with E-state index in [1.165, 1.54) is 5.56 Å². The molecule has 1 aliphatic heterocycles. The molecule has 184 valence electrons. The van der Waals surface area contributed by atoms with E-state index in [9.17, 15) is 4.79 Å². The molecule has 1 heterocycles. The van der Waals surface area contributed by atoms with E-state index in [0.717, 1.165) is 23.3 Å². The first-order chi connectivity index (χ1) is 17.0. The van der Waals surface area contributed by atoms with Gasteiger partial charge in [0.2, 0.25) is 0 Å². The van der Waals surface area contributed by atoms with E-state index in [1.807, 2.05) is 29.2 Å². The number of hydrogen-bond acceptors (Lipinski definition) is 5. The van der Waals surface area contributed by atoms with Crippen molar-refractivity contribution in [3.05, 3.63) is 82.4 Å². The molecule has 1 atom stereocenters. The summed E-state index contributed by atoms with van der Waals surface area (Å²) >= 11 is 5.95. The van der Waals surface area contributed by atoms with E-state index in [-0.39, 0.29) is 18.6 Å². The van der Waals surface area contributed by atoms with Crippen LogP contribution in [0.3, 0.4) is 0 Å². The van der Waals surface area contributed by atoms with E-state index in [1.54, 1.807) is 38.5 Å². The predicted octanol–water partition coefficient (Wildman–Crippen LogP) is 5.50. The van der Waals surface area contributed by atoms with Crippen LogP contribution in [0.15, 0.2) is 60.7 Å². The third-order valence-corrected chi connectivity index (χ3v) is 6.49. The highest BCUT2D eigenvalue weighted by atomic mass is 35.5. The van der Waals surface area contributed by atoms with Crippen molar-refractivity contribution >= 4 is 17.5 Å². The maximum Gasteiger partial charge on any atom is 0.261 e. The Balaban J connectivity index is 1.57. The number of aryl methyl sites for hydroxylation is 1. The fourth-order valence-electron chi connectivity index (χ4n) is 4.26. The molecule has 4 rings (SSSR count). The zero-order chi connectivity index (χ0) is 24.8. The summed E-state index contributed by atoms with van der Waals surface area (Å²) in [5.74, 6) is 2.53. The summed E-state index contributed by atoms with van der Waals surface area (Å²) in [7, 11) is 3.23. The molecule has 0 aromatic heterocycles. The zero-order valence-corrected chi connectivity index (χ0v) is 21.0. The van der Waals surface area contributed by atoms with E-state index in [0.29, 0.717) is 41.8 Å². The van der Waals surface area contributed by atoms with E-state index >= 15 is 0 Å². The van der Waals surface area contributed by atoms with E-state index in [4.69, 9.17) is 30.5 Å². The number of rotatable bonds is 9. The van der Waals surface area contributed by atoms with E-state index in [2.05, 4.69) is 19.1 Å². The molecule has 0 spiro atoms.